The number of hydrogen-bond acceptors (Lipinski definition) is 6. The fourth-order valence-corrected chi connectivity index (χ4v) is 2.19. The van der Waals surface area contributed by atoms with E-state index in [2.05, 4.69) is 20.3 Å². The molecule has 6 nitrogen and oxygen atoms in total. The molecule has 0 saturated carbocycles. The number of aldehydes is 1. The van der Waals surface area contributed by atoms with Gasteiger partial charge >= 0.3 is 0 Å². The molecule has 0 aliphatic carbocycles. The lowest BCUT2D eigenvalue weighted by atomic mass is 10.2. The first-order valence-corrected chi connectivity index (χ1v) is 5.99. The lowest BCUT2D eigenvalue weighted by Gasteiger charge is -2.02. The topological polar surface area (TPSA) is 73.6 Å². The fourth-order valence-electron chi connectivity index (χ4n) is 1.60. The SMILES string of the molecule is O=Cc1nnn(-c2nccs2)c1-c1cccnc1. The molecule has 0 fully saturated rings. The molecule has 0 aliphatic rings. The van der Waals surface area contributed by atoms with Crippen molar-refractivity contribution in [1.82, 2.24) is 25.0 Å². The van der Waals surface area contributed by atoms with Crippen molar-refractivity contribution in [2.45, 2.75) is 0 Å². The van der Waals surface area contributed by atoms with Crippen LogP contribution in [0.2, 0.25) is 0 Å². The third kappa shape index (κ3) is 1.70. The molecular formula is C11H7N5OS. The normalized spacial score (nSPS) is 10.4. The number of aromatic nitrogens is 5. The lowest BCUT2D eigenvalue weighted by Crippen LogP contribution is -1.99. The Kier molecular flexibility index (Phi) is 2.66. The summed E-state index contributed by atoms with van der Waals surface area (Å²) in [7, 11) is 0. The van der Waals surface area contributed by atoms with Crippen LogP contribution >= 0.6 is 11.3 Å². The van der Waals surface area contributed by atoms with Gasteiger partial charge in [0.2, 0.25) is 5.13 Å². The van der Waals surface area contributed by atoms with Crippen LogP contribution in [0.5, 0.6) is 0 Å². The van der Waals surface area contributed by atoms with Gasteiger partial charge in [0.05, 0.1) is 0 Å². The van der Waals surface area contributed by atoms with Crippen LogP contribution in [-0.2, 0) is 0 Å². The molecule has 18 heavy (non-hydrogen) atoms. The number of pyridine rings is 1. The van der Waals surface area contributed by atoms with Gasteiger partial charge in [-0.15, -0.1) is 16.4 Å². The Balaban J connectivity index is 2.23. The highest BCUT2D eigenvalue weighted by Crippen LogP contribution is 2.24. The Morgan fingerprint density at radius 2 is 2.28 bits per heavy atom. The van der Waals surface area contributed by atoms with Crippen molar-refractivity contribution in [3.8, 4) is 16.4 Å². The van der Waals surface area contributed by atoms with Gasteiger partial charge in [0.25, 0.3) is 0 Å². The molecular weight excluding hydrogens is 250 g/mol. The quantitative estimate of drug-likeness (QED) is 0.666. The Morgan fingerprint density at radius 1 is 1.33 bits per heavy atom. The van der Waals surface area contributed by atoms with Crippen LogP contribution in [0.1, 0.15) is 10.5 Å². The van der Waals surface area contributed by atoms with Crippen LogP contribution < -0.4 is 0 Å². The molecule has 7 heteroatoms. The molecule has 0 amide bonds. The van der Waals surface area contributed by atoms with Crippen LogP contribution in [0.4, 0.5) is 0 Å². The molecule has 0 bridgehead atoms. The monoisotopic (exact) mass is 257 g/mol. The standard InChI is InChI=1S/C11H7N5OS/c17-7-9-10(8-2-1-3-12-6-8)16(15-14-9)11-13-4-5-18-11/h1-7H. The van der Waals surface area contributed by atoms with Gasteiger partial charge in [0.1, 0.15) is 5.69 Å². The maximum Gasteiger partial charge on any atom is 0.212 e. The van der Waals surface area contributed by atoms with E-state index in [1.165, 1.54) is 11.3 Å². The third-order valence-electron chi connectivity index (χ3n) is 2.34. The predicted molar refractivity (Wildman–Crippen MR) is 65.6 cm³/mol. The summed E-state index contributed by atoms with van der Waals surface area (Å²) in [5.41, 5.74) is 1.66. The van der Waals surface area contributed by atoms with Crippen LogP contribution in [0, 0.1) is 0 Å². The molecule has 88 valence electrons. The number of carbonyl (C=O) groups excluding carboxylic acids is 1. The summed E-state index contributed by atoms with van der Waals surface area (Å²) in [6.45, 7) is 0. The highest BCUT2D eigenvalue weighted by molar-refractivity contribution is 7.12. The Hall–Kier alpha value is -2.41. The van der Waals surface area contributed by atoms with Crippen LogP contribution in [0.3, 0.4) is 0 Å². The van der Waals surface area contributed by atoms with Crippen molar-refractivity contribution in [2.75, 3.05) is 0 Å². The van der Waals surface area contributed by atoms with Gasteiger partial charge in [-0.05, 0) is 12.1 Å². The molecule has 0 aromatic carbocycles. The Morgan fingerprint density at radius 3 is 2.94 bits per heavy atom. The summed E-state index contributed by atoms with van der Waals surface area (Å²) >= 11 is 1.42. The summed E-state index contributed by atoms with van der Waals surface area (Å²) in [6.07, 6.45) is 5.69. The van der Waals surface area contributed by atoms with Gasteiger partial charge in [-0.25, -0.2) is 4.98 Å². The smallest absolute Gasteiger partial charge is 0.212 e. The van der Waals surface area contributed by atoms with Gasteiger partial charge in [-0.3, -0.25) is 9.78 Å². The first kappa shape index (κ1) is 10.7. The first-order valence-electron chi connectivity index (χ1n) is 5.11. The predicted octanol–water partition coefficient (Wildman–Crippen LogP) is 1.60. The molecule has 0 unspecified atom stereocenters. The lowest BCUT2D eigenvalue weighted by molar-refractivity contribution is 0.111. The number of hydrogen-bond donors (Lipinski definition) is 0. The second-order valence-electron chi connectivity index (χ2n) is 3.41. The van der Waals surface area contributed by atoms with Crippen molar-refractivity contribution in [3.63, 3.8) is 0 Å². The number of carbonyl (C=O) groups is 1. The zero-order valence-electron chi connectivity index (χ0n) is 9.09. The first-order chi connectivity index (χ1) is 8.90. The maximum absolute atomic E-state index is 11.0. The molecule has 0 radical (unpaired) electrons. The zero-order chi connectivity index (χ0) is 12.4. The van der Waals surface area contributed by atoms with Crippen molar-refractivity contribution < 1.29 is 4.79 Å². The number of thiazole rings is 1. The minimum atomic E-state index is 0.276. The van der Waals surface area contributed by atoms with Crippen LogP contribution in [0.25, 0.3) is 16.4 Å². The summed E-state index contributed by atoms with van der Waals surface area (Å²) in [4.78, 5) is 19.2. The molecule has 0 atom stereocenters. The van der Waals surface area contributed by atoms with Crippen molar-refractivity contribution >= 4 is 17.6 Å². The Bertz CT molecular complexity index is 662. The van der Waals surface area contributed by atoms with E-state index in [9.17, 15) is 4.79 Å². The van der Waals surface area contributed by atoms with E-state index in [0.29, 0.717) is 17.1 Å². The minimum absolute atomic E-state index is 0.276. The van der Waals surface area contributed by atoms with Crippen molar-refractivity contribution in [1.29, 1.82) is 0 Å². The highest BCUT2D eigenvalue weighted by atomic mass is 32.1. The number of nitrogens with zero attached hydrogens (tertiary/aromatic N) is 5. The largest absolute Gasteiger partial charge is 0.296 e. The molecule has 0 N–H and O–H groups in total. The average Bonchev–Trinajstić information content (AvgIpc) is 3.08. The molecule has 0 aliphatic heterocycles. The van der Waals surface area contributed by atoms with Crippen molar-refractivity contribution in [2.24, 2.45) is 0 Å². The van der Waals surface area contributed by atoms with Gasteiger partial charge in [0.15, 0.2) is 12.0 Å². The van der Waals surface area contributed by atoms with E-state index in [4.69, 9.17) is 0 Å². The van der Waals surface area contributed by atoms with Crippen molar-refractivity contribution in [3.05, 3.63) is 41.8 Å². The van der Waals surface area contributed by atoms with Crippen LogP contribution in [-0.4, -0.2) is 31.2 Å². The summed E-state index contributed by atoms with van der Waals surface area (Å²) in [5.74, 6) is 0. The number of rotatable bonds is 3. The van der Waals surface area contributed by atoms with Gasteiger partial charge < -0.3 is 0 Å². The van der Waals surface area contributed by atoms with Crippen LogP contribution in [0.15, 0.2) is 36.1 Å². The van der Waals surface area contributed by atoms with E-state index >= 15 is 0 Å². The maximum atomic E-state index is 11.0. The molecule has 0 saturated heterocycles. The van der Waals surface area contributed by atoms with Gasteiger partial charge in [0, 0.05) is 29.5 Å². The minimum Gasteiger partial charge on any atom is -0.296 e. The van der Waals surface area contributed by atoms with E-state index in [1.807, 2.05) is 11.4 Å². The molecule has 3 rings (SSSR count). The summed E-state index contributed by atoms with van der Waals surface area (Å²) in [6, 6.07) is 3.64. The van der Waals surface area contributed by atoms with E-state index < -0.39 is 0 Å². The third-order valence-corrected chi connectivity index (χ3v) is 3.09. The van der Waals surface area contributed by atoms with Gasteiger partial charge in [-0.2, -0.15) is 4.68 Å². The molecule has 3 heterocycles. The molecule has 0 spiro atoms. The average molecular weight is 257 g/mol. The molecule has 3 aromatic rings. The van der Waals surface area contributed by atoms with E-state index in [0.717, 1.165) is 5.56 Å². The highest BCUT2D eigenvalue weighted by Gasteiger charge is 2.17. The van der Waals surface area contributed by atoms with E-state index in [-0.39, 0.29) is 5.69 Å². The van der Waals surface area contributed by atoms with Gasteiger partial charge in [-0.1, -0.05) is 5.21 Å². The van der Waals surface area contributed by atoms with E-state index in [1.54, 1.807) is 29.3 Å². The Labute approximate surface area is 106 Å². The zero-order valence-corrected chi connectivity index (χ0v) is 9.91. The second kappa shape index (κ2) is 4.46. The fraction of sp³-hybridized carbons (Fsp3) is 0. The second-order valence-corrected chi connectivity index (χ2v) is 4.28. The molecule has 3 aromatic heterocycles. The summed E-state index contributed by atoms with van der Waals surface area (Å²) in [5, 5.41) is 10.3. The summed E-state index contributed by atoms with van der Waals surface area (Å²) < 4.78 is 1.55.